The minimum absolute atomic E-state index is 0.177. The van der Waals surface area contributed by atoms with E-state index in [1.165, 1.54) is 4.52 Å². The molecule has 0 aliphatic heterocycles. The summed E-state index contributed by atoms with van der Waals surface area (Å²) in [7, 11) is 1.88. The third-order valence-electron chi connectivity index (χ3n) is 6.77. The third kappa shape index (κ3) is 3.63. The van der Waals surface area contributed by atoms with Gasteiger partial charge < -0.3 is 16.0 Å². The summed E-state index contributed by atoms with van der Waals surface area (Å²) in [5.74, 6) is -0.671. The number of carbonyl (C=O) groups excluding carboxylic acids is 1. The van der Waals surface area contributed by atoms with Gasteiger partial charge >= 0.3 is 0 Å². The van der Waals surface area contributed by atoms with E-state index < -0.39 is 11.4 Å². The molecule has 38 heavy (non-hydrogen) atoms. The van der Waals surface area contributed by atoms with Crippen molar-refractivity contribution in [2.45, 2.75) is 5.54 Å². The third-order valence-corrected chi connectivity index (χ3v) is 7.26. The van der Waals surface area contributed by atoms with Crippen molar-refractivity contribution in [2.75, 3.05) is 0 Å². The number of tetrazole rings is 1. The van der Waals surface area contributed by atoms with Crippen LogP contribution in [0.15, 0.2) is 79.3 Å². The summed E-state index contributed by atoms with van der Waals surface area (Å²) < 4.78 is 3.37. The normalized spacial score (nSPS) is 13.2. The van der Waals surface area contributed by atoms with Gasteiger partial charge in [-0.05, 0) is 63.5 Å². The fourth-order valence-electron chi connectivity index (χ4n) is 5.01. The van der Waals surface area contributed by atoms with E-state index in [0.717, 1.165) is 16.8 Å². The first-order valence-corrected chi connectivity index (χ1v) is 12.3. The van der Waals surface area contributed by atoms with Gasteiger partial charge in [0.05, 0.1) is 29.3 Å². The molecule has 0 aliphatic carbocycles. The van der Waals surface area contributed by atoms with Gasteiger partial charge in [0.1, 0.15) is 5.54 Å². The SMILES string of the molecule is Cn1cncc1C(N)(c1ccc(Cl)cc1)c1ccc2c(c1)c(-c1cccc(Cl)c1)c(C(N)=O)c1nnnn12. The van der Waals surface area contributed by atoms with Crippen LogP contribution in [-0.4, -0.2) is 35.5 Å². The van der Waals surface area contributed by atoms with Crippen LogP contribution in [0.5, 0.6) is 0 Å². The van der Waals surface area contributed by atoms with Crippen molar-refractivity contribution in [2.24, 2.45) is 18.5 Å². The van der Waals surface area contributed by atoms with Gasteiger partial charge in [-0.15, -0.1) is 5.10 Å². The lowest BCUT2D eigenvalue weighted by Gasteiger charge is -2.31. The van der Waals surface area contributed by atoms with Gasteiger partial charge in [0.15, 0.2) is 5.65 Å². The van der Waals surface area contributed by atoms with Crippen LogP contribution in [0.2, 0.25) is 10.0 Å². The minimum Gasteiger partial charge on any atom is -0.365 e. The summed E-state index contributed by atoms with van der Waals surface area (Å²) in [6.07, 6.45) is 3.43. The van der Waals surface area contributed by atoms with E-state index in [1.54, 1.807) is 42.9 Å². The van der Waals surface area contributed by atoms with Crippen LogP contribution >= 0.6 is 23.2 Å². The number of nitrogens with zero attached hydrogens (tertiary/aromatic N) is 6. The molecular formula is C27H20Cl2N8O. The quantitative estimate of drug-likeness (QED) is 0.333. The first kappa shape index (κ1) is 24.1. The van der Waals surface area contributed by atoms with E-state index >= 15 is 0 Å². The molecular weight excluding hydrogens is 523 g/mol. The zero-order valence-corrected chi connectivity index (χ0v) is 21.5. The standard InChI is InChI=1S/C27H20Cl2N8O/c1-36-14-32-13-22(36)27(31,16-5-8-18(28)9-6-16)17-7-10-21-20(12-17)23(15-3-2-4-19(29)11-15)24(25(30)38)26-33-34-35-37(21)26/h2-14H,31H2,1H3,(H2,30,38). The highest BCUT2D eigenvalue weighted by molar-refractivity contribution is 6.31. The molecule has 1 unspecified atom stereocenters. The zero-order valence-electron chi connectivity index (χ0n) is 20.0. The Morgan fingerprint density at radius 3 is 2.42 bits per heavy atom. The van der Waals surface area contributed by atoms with Crippen molar-refractivity contribution in [1.29, 1.82) is 0 Å². The topological polar surface area (TPSA) is 130 Å². The predicted octanol–water partition coefficient (Wildman–Crippen LogP) is 4.33. The molecule has 1 amide bonds. The average Bonchev–Trinajstić information content (AvgIpc) is 3.57. The number of rotatable bonds is 5. The molecule has 188 valence electrons. The van der Waals surface area contributed by atoms with E-state index in [4.69, 9.17) is 34.7 Å². The molecule has 0 radical (unpaired) electrons. The molecule has 0 aliphatic rings. The molecule has 3 aromatic heterocycles. The number of fused-ring (bicyclic) bond motifs is 3. The Morgan fingerprint density at radius 2 is 1.74 bits per heavy atom. The Hall–Kier alpha value is -4.31. The Kier molecular flexibility index (Phi) is 5.64. The Labute approximate surface area is 226 Å². The number of halogens is 2. The van der Waals surface area contributed by atoms with E-state index in [2.05, 4.69) is 20.5 Å². The van der Waals surface area contributed by atoms with E-state index in [1.807, 2.05) is 48.0 Å². The minimum atomic E-state index is -1.13. The number of pyridine rings is 1. The van der Waals surface area contributed by atoms with Crippen molar-refractivity contribution in [3.8, 4) is 11.1 Å². The maximum Gasteiger partial charge on any atom is 0.253 e. The van der Waals surface area contributed by atoms with Gasteiger partial charge in [0.25, 0.3) is 5.91 Å². The number of hydrogen-bond acceptors (Lipinski definition) is 6. The lowest BCUT2D eigenvalue weighted by atomic mass is 9.80. The van der Waals surface area contributed by atoms with Crippen LogP contribution < -0.4 is 11.5 Å². The summed E-state index contributed by atoms with van der Waals surface area (Å²) in [6.45, 7) is 0. The molecule has 11 heteroatoms. The summed E-state index contributed by atoms with van der Waals surface area (Å²) in [5, 5.41) is 13.8. The van der Waals surface area contributed by atoms with Crippen molar-refractivity contribution in [3.63, 3.8) is 0 Å². The maximum atomic E-state index is 12.8. The van der Waals surface area contributed by atoms with E-state index in [9.17, 15) is 4.79 Å². The second kappa shape index (κ2) is 8.91. The van der Waals surface area contributed by atoms with Crippen LogP contribution in [0.3, 0.4) is 0 Å². The lowest BCUT2D eigenvalue weighted by molar-refractivity contribution is 0.100. The molecule has 0 fully saturated rings. The fraction of sp³-hybridized carbons (Fsp3) is 0.0741. The maximum absolute atomic E-state index is 12.8. The molecule has 3 heterocycles. The van der Waals surface area contributed by atoms with Gasteiger partial charge in [-0.1, -0.05) is 53.5 Å². The monoisotopic (exact) mass is 542 g/mol. The van der Waals surface area contributed by atoms with Gasteiger partial charge in [0, 0.05) is 28.0 Å². The van der Waals surface area contributed by atoms with Gasteiger partial charge in [-0.25, -0.2) is 4.98 Å². The number of benzene rings is 3. The molecule has 1 atom stereocenters. The number of amides is 1. The largest absolute Gasteiger partial charge is 0.365 e. The van der Waals surface area contributed by atoms with Crippen molar-refractivity contribution in [3.05, 3.63) is 112 Å². The summed E-state index contributed by atoms with van der Waals surface area (Å²) >= 11 is 12.6. The van der Waals surface area contributed by atoms with Crippen LogP contribution in [0.25, 0.3) is 27.7 Å². The number of aromatic nitrogens is 6. The molecule has 0 saturated heterocycles. The van der Waals surface area contributed by atoms with Crippen molar-refractivity contribution in [1.82, 2.24) is 29.6 Å². The van der Waals surface area contributed by atoms with Gasteiger partial charge in [-0.3, -0.25) is 4.79 Å². The average molecular weight is 543 g/mol. The van der Waals surface area contributed by atoms with Crippen LogP contribution in [-0.2, 0) is 12.6 Å². The lowest BCUT2D eigenvalue weighted by Crippen LogP contribution is -2.41. The Bertz CT molecular complexity index is 1860. The second-order valence-corrected chi connectivity index (χ2v) is 9.85. The fourth-order valence-corrected chi connectivity index (χ4v) is 5.32. The number of aryl methyl sites for hydroxylation is 1. The Balaban J connectivity index is 1.75. The number of nitrogens with two attached hydrogens (primary N) is 2. The summed E-state index contributed by atoms with van der Waals surface area (Å²) in [5.41, 5.74) is 16.7. The molecule has 0 bridgehead atoms. The van der Waals surface area contributed by atoms with Gasteiger partial charge in [0.2, 0.25) is 0 Å². The van der Waals surface area contributed by atoms with E-state index in [-0.39, 0.29) is 11.2 Å². The molecule has 9 nitrogen and oxygen atoms in total. The summed E-state index contributed by atoms with van der Waals surface area (Å²) in [6, 6.07) is 20.3. The van der Waals surface area contributed by atoms with Crippen molar-refractivity contribution >= 4 is 45.7 Å². The molecule has 3 aromatic carbocycles. The van der Waals surface area contributed by atoms with Crippen LogP contribution in [0.4, 0.5) is 0 Å². The van der Waals surface area contributed by atoms with Gasteiger partial charge in [-0.2, -0.15) is 4.52 Å². The van der Waals surface area contributed by atoms with Crippen molar-refractivity contribution < 1.29 is 4.79 Å². The summed E-state index contributed by atoms with van der Waals surface area (Å²) in [4.78, 5) is 17.1. The number of imidazole rings is 1. The molecule has 6 rings (SSSR count). The number of hydrogen-bond donors (Lipinski definition) is 2. The zero-order chi connectivity index (χ0) is 26.6. The molecule has 4 N–H and O–H groups in total. The molecule has 6 aromatic rings. The van der Waals surface area contributed by atoms with E-state index in [0.29, 0.717) is 32.1 Å². The highest BCUT2D eigenvalue weighted by Gasteiger charge is 2.35. The highest BCUT2D eigenvalue weighted by atomic mass is 35.5. The Morgan fingerprint density at radius 1 is 0.974 bits per heavy atom. The second-order valence-electron chi connectivity index (χ2n) is 8.98. The first-order chi connectivity index (χ1) is 18.3. The first-order valence-electron chi connectivity index (χ1n) is 11.5. The predicted molar refractivity (Wildman–Crippen MR) is 146 cm³/mol. The van der Waals surface area contributed by atoms with Crippen LogP contribution in [0, 0.1) is 0 Å². The highest BCUT2D eigenvalue weighted by Crippen LogP contribution is 2.40. The number of primary amides is 1. The molecule has 0 spiro atoms. The molecule has 0 saturated carbocycles. The number of carbonyl (C=O) groups is 1. The van der Waals surface area contributed by atoms with Crippen LogP contribution in [0.1, 0.15) is 27.2 Å². The smallest absolute Gasteiger partial charge is 0.253 e.